The summed E-state index contributed by atoms with van der Waals surface area (Å²) in [6.45, 7) is 0.379. The van der Waals surface area contributed by atoms with Gasteiger partial charge in [0.1, 0.15) is 4.21 Å². The number of hydrogen-bond acceptors (Lipinski definition) is 5. The van der Waals surface area contributed by atoms with Crippen molar-refractivity contribution in [3.8, 4) is 0 Å². The molecule has 1 heterocycles. The third-order valence-corrected chi connectivity index (χ3v) is 7.27. The summed E-state index contributed by atoms with van der Waals surface area (Å²) < 4.78 is 27.5. The SMILES string of the molecule is CSC1CCC(NS(=O)(=O)c2cc(CN)cs2)C1. The summed E-state index contributed by atoms with van der Waals surface area (Å²) in [6, 6.07) is 1.74. The smallest absolute Gasteiger partial charge is 0.250 e. The van der Waals surface area contributed by atoms with Crippen molar-refractivity contribution >= 4 is 33.1 Å². The van der Waals surface area contributed by atoms with E-state index in [2.05, 4.69) is 11.0 Å². The van der Waals surface area contributed by atoms with E-state index >= 15 is 0 Å². The molecule has 0 bridgehead atoms. The molecular weight excluding hydrogens is 288 g/mol. The van der Waals surface area contributed by atoms with Gasteiger partial charge >= 0.3 is 0 Å². The molecule has 2 atom stereocenters. The molecule has 0 spiro atoms. The quantitative estimate of drug-likeness (QED) is 0.869. The molecule has 1 aliphatic rings. The first-order chi connectivity index (χ1) is 8.55. The molecular formula is C11H18N2O2S3. The van der Waals surface area contributed by atoms with Gasteiger partial charge in [0, 0.05) is 17.8 Å². The molecule has 1 fully saturated rings. The van der Waals surface area contributed by atoms with Crippen molar-refractivity contribution in [1.82, 2.24) is 4.72 Å². The van der Waals surface area contributed by atoms with E-state index in [1.54, 1.807) is 11.4 Å². The fraction of sp³-hybridized carbons (Fsp3) is 0.636. The van der Waals surface area contributed by atoms with Crippen molar-refractivity contribution in [2.75, 3.05) is 6.26 Å². The highest BCUT2D eigenvalue weighted by Crippen LogP contribution is 2.29. The van der Waals surface area contributed by atoms with Crippen molar-refractivity contribution in [2.45, 2.75) is 41.3 Å². The van der Waals surface area contributed by atoms with Gasteiger partial charge in [0.25, 0.3) is 0 Å². The normalized spacial score (nSPS) is 24.6. The van der Waals surface area contributed by atoms with Crippen LogP contribution in [0.4, 0.5) is 0 Å². The van der Waals surface area contributed by atoms with Crippen LogP contribution >= 0.6 is 23.1 Å². The van der Waals surface area contributed by atoms with Gasteiger partial charge in [-0.3, -0.25) is 0 Å². The molecule has 0 aromatic carbocycles. The van der Waals surface area contributed by atoms with Gasteiger partial charge in [-0.25, -0.2) is 13.1 Å². The number of sulfonamides is 1. The van der Waals surface area contributed by atoms with E-state index in [1.165, 1.54) is 11.3 Å². The van der Waals surface area contributed by atoms with E-state index in [9.17, 15) is 8.42 Å². The van der Waals surface area contributed by atoms with Crippen LogP contribution in [0.15, 0.2) is 15.7 Å². The Hall–Kier alpha value is -0.0800. The molecule has 2 rings (SSSR count). The Kier molecular flexibility index (Phi) is 4.71. The highest BCUT2D eigenvalue weighted by molar-refractivity contribution is 7.99. The Bertz CT molecular complexity index is 498. The van der Waals surface area contributed by atoms with E-state index in [0.29, 0.717) is 16.0 Å². The first kappa shape index (κ1) is 14.3. The largest absolute Gasteiger partial charge is 0.326 e. The molecule has 0 saturated heterocycles. The van der Waals surface area contributed by atoms with Crippen LogP contribution in [-0.4, -0.2) is 26.0 Å². The highest BCUT2D eigenvalue weighted by atomic mass is 32.2. The number of hydrogen-bond donors (Lipinski definition) is 2. The lowest BCUT2D eigenvalue weighted by atomic mass is 10.3. The predicted molar refractivity (Wildman–Crippen MR) is 77.5 cm³/mol. The van der Waals surface area contributed by atoms with Gasteiger partial charge in [-0.05, 0) is 42.5 Å². The number of nitrogens with one attached hydrogen (secondary N) is 1. The highest BCUT2D eigenvalue weighted by Gasteiger charge is 2.28. The topological polar surface area (TPSA) is 72.2 Å². The van der Waals surface area contributed by atoms with Gasteiger partial charge in [0.05, 0.1) is 0 Å². The van der Waals surface area contributed by atoms with E-state index in [4.69, 9.17) is 5.73 Å². The Balaban J connectivity index is 2.03. The van der Waals surface area contributed by atoms with Crippen LogP contribution in [-0.2, 0) is 16.6 Å². The van der Waals surface area contributed by atoms with E-state index in [1.807, 2.05) is 11.8 Å². The van der Waals surface area contributed by atoms with E-state index in [0.717, 1.165) is 24.8 Å². The molecule has 0 aliphatic heterocycles. The minimum absolute atomic E-state index is 0.0795. The number of thiophene rings is 1. The van der Waals surface area contributed by atoms with Crippen molar-refractivity contribution < 1.29 is 8.42 Å². The summed E-state index contributed by atoms with van der Waals surface area (Å²) in [5.41, 5.74) is 6.36. The molecule has 102 valence electrons. The molecule has 18 heavy (non-hydrogen) atoms. The fourth-order valence-electron chi connectivity index (χ4n) is 2.14. The molecule has 7 heteroatoms. The van der Waals surface area contributed by atoms with Crippen LogP contribution in [0.25, 0.3) is 0 Å². The average molecular weight is 306 g/mol. The first-order valence-corrected chi connectivity index (χ1v) is 9.53. The van der Waals surface area contributed by atoms with Gasteiger partial charge in [0.15, 0.2) is 0 Å². The van der Waals surface area contributed by atoms with E-state index < -0.39 is 10.0 Å². The van der Waals surface area contributed by atoms with Crippen LogP contribution in [0, 0.1) is 0 Å². The minimum Gasteiger partial charge on any atom is -0.326 e. The molecule has 2 unspecified atom stereocenters. The van der Waals surface area contributed by atoms with Crippen molar-refractivity contribution in [3.63, 3.8) is 0 Å². The van der Waals surface area contributed by atoms with Crippen molar-refractivity contribution in [2.24, 2.45) is 5.73 Å². The zero-order valence-corrected chi connectivity index (χ0v) is 12.7. The summed E-state index contributed by atoms with van der Waals surface area (Å²) in [5, 5.41) is 2.38. The van der Waals surface area contributed by atoms with Crippen LogP contribution in [0.2, 0.25) is 0 Å². The zero-order chi connectivity index (χ0) is 13.2. The summed E-state index contributed by atoms with van der Waals surface area (Å²) in [7, 11) is -3.36. The number of thioether (sulfide) groups is 1. The third kappa shape index (κ3) is 3.27. The summed E-state index contributed by atoms with van der Waals surface area (Å²) in [4.78, 5) is 0. The number of rotatable bonds is 5. The Morgan fingerprint density at radius 2 is 2.33 bits per heavy atom. The summed E-state index contributed by atoms with van der Waals surface area (Å²) in [5.74, 6) is 0. The Morgan fingerprint density at radius 1 is 1.56 bits per heavy atom. The standard InChI is InChI=1S/C11H18N2O2S3/c1-16-10-3-2-9(5-10)13-18(14,15)11-4-8(6-12)7-17-11/h4,7,9-10,13H,2-3,5-6,12H2,1H3. The maximum absolute atomic E-state index is 12.2. The molecule has 3 N–H and O–H groups in total. The van der Waals surface area contributed by atoms with Crippen molar-refractivity contribution in [3.05, 3.63) is 17.0 Å². The third-order valence-electron chi connectivity index (χ3n) is 3.17. The Labute approximate surface area is 116 Å². The zero-order valence-electron chi connectivity index (χ0n) is 10.3. The van der Waals surface area contributed by atoms with Gasteiger partial charge in [-0.15, -0.1) is 11.3 Å². The lowest BCUT2D eigenvalue weighted by Crippen LogP contribution is -2.32. The monoisotopic (exact) mass is 306 g/mol. The van der Waals surface area contributed by atoms with Crippen LogP contribution < -0.4 is 10.5 Å². The maximum Gasteiger partial charge on any atom is 0.250 e. The van der Waals surface area contributed by atoms with Gasteiger partial charge in [0.2, 0.25) is 10.0 Å². The van der Waals surface area contributed by atoms with Gasteiger partial charge in [-0.1, -0.05) is 0 Å². The molecule has 1 aromatic heterocycles. The molecule has 1 aromatic rings. The lowest BCUT2D eigenvalue weighted by Gasteiger charge is -2.12. The molecule has 1 saturated carbocycles. The molecule has 4 nitrogen and oxygen atoms in total. The second-order valence-electron chi connectivity index (χ2n) is 4.47. The van der Waals surface area contributed by atoms with Crippen molar-refractivity contribution in [1.29, 1.82) is 0 Å². The van der Waals surface area contributed by atoms with E-state index in [-0.39, 0.29) is 6.04 Å². The van der Waals surface area contributed by atoms with Gasteiger partial charge < -0.3 is 5.73 Å². The predicted octanol–water partition coefficient (Wildman–Crippen LogP) is 1.77. The second-order valence-corrected chi connectivity index (χ2v) is 8.46. The fourth-order valence-corrected chi connectivity index (χ4v) is 5.46. The second kappa shape index (κ2) is 5.92. The average Bonchev–Trinajstić information content (AvgIpc) is 2.96. The number of nitrogens with two attached hydrogens (primary N) is 1. The van der Waals surface area contributed by atoms with Crippen LogP contribution in [0.5, 0.6) is 0 Å². The molecule has 1 aliphatic carbocycles. The summed E-state index contributed by atoms with van der Waals surface area (Å²) in [6.07, 6.45) is 5.02. The minimum atomic E-state index is -3.36. The first-order valence-electron chi connectivity index (χ1n) is 5.87. The lowest BCUT2D eigenvalue weighted by molar-refractivity contribution is 0.554. The summed E-state index contributed by atoms with van der Waals surface area (Å²) >= 11 is 3.05. The molecule has 0 amide bonds. The van der Waals surface area contributed by atoms with Crippen LogP contribution in [0.1, 0.15) is 24.8 Å². The maximum atomic E-state index is 12.2. The Morgan fingerprint density at radius 3 is 2.89 bits per heavy atom. The van der Waals surface area contributed by atoms with Crippen LogP contribution in [0.3, 0.4) is 0 Å². The van der Waals surface area contributed by atoms with Gasteiger partial charge in [-0.2, -0.15) is 11.8 Å². The molecule has 0 radical (unpaired) electrons.